The molecule has 0 aromatic heterocycles. The van der Waals surface area contributed by atoms with Crippen LogP contribution in [0, 0.1) is 0 Å². The number of nitrogens with zero attached hydrogens (tertiary/aromatic N) is 1. The quantitative estimate of drug-likeness (QED) is 0.816. The Morgan fingerprint density at radius 3 is 2.15 bits per heavy atom. The molecule has 27 heavy (non-hydrogen) atoms. The average Bonchev–Trinajstić information content (AvgIpc) is 2.52. The van der Waals surface area contributed by atoms with Gasteiger partial charge in [-0.05, 0) is 59.9 Å². The topological polar surface area (TPSA) is 67.9 Å². The second-order valence-electron chi connectivity index (χ2n) is 8.92. The molecule has 150 valence electrons. The van der Waals surface area contributed by atoms with E-state index in [1.54, 1.807) is 4.90 Å². The smallest absolute Gasteiger partial charge is 0.410 e. The van der Waals surface area contributed by atoms with Gasteiger partial charge in [-0.25, -0.2) is 9.59 Å². The minimum atomic E-state index is -0.580. The van der Waals surface area contributed by atoms with Gasteiger partial charge in [0.1, 0.15) is 11.2 Å². The summed E-state index contributed by atoms with van der Waals surface area (Å²) in [6.07, 6.45) is 0.702. The van der Waals surface area contributed by atoms with Crippen molar-refractivity contribution in [2.75, 3.05) is 6.54 Å². The van der Waals surface area contributed by atoms with Crippen molar-refractivity contribution >= 4 is 12.2 Å². The summed E-state index contributed by atoms with van der Waals surface area (Å²) in [6, 6.07) is 9.18. The van der Waals surface area contributed by atoms with Crippen LogP contribution in [0.1, 0.15) is 66.0 Å². The first-order valence-electron chi connectivity index (χ1n) is 9.50. The van der Waals surface area contributed by atoms with Gasteiger partial charge in [0.25, 0.3) is 0 Å². The third-order valence-corrected chi connectivity index (χ3v) is 4.10. The largest absolute Gasteiger partial charge is 0.444 e. The summed E-state index contributed by atoms with van der Waals surface area (Å²) in [5, 5.41) is 2.96. The highest BCUT2D eigenvalue weighted by molar-refractivity contribution is 5.71. The van der Waals surface area contributed by atoms with E-state index in [4.69, 9.17) is 9.47 Å². The molecule has 0 bridgehead atoms. The number of hydrogen-bond donors (Lipinski definition) is 1. The molecule has 1 aliphatic rings. The van der Waals surface area contributed by atoms with Crippen LogP contribution in [-0.4, -0.2) is 40.9 Å². The molecule has 0 saturated carbocycles. The molecule has 0 radical (unpaired) electrons. The molecule has 0 spiro atoms. The van der Waals surface area contributed by atoms with E-state index in [2.05, 4.69) is 5.32 Å². The Morgan fingerprint density at radius 2 is 1.59 bits per heavy atom. The number of carbonyl (C=O) groups is 2. The predicted molar refractivity (Wildman–Crippen MR) is 105 cm³/mol. The molecule has 2 atom stereocenters. The van der Waals surface area contributed by atoms with E-state index in [0.717, 1.165) is 18.4 Å². The summed E-state index contributed by atoms with van der Waals surface area (Å²) in [5.74, 6) is 0. The summed E-state index contributed by atoms with van der Waals surface area (Å²) in [7, 11) is 0. The van der Waals surface area contributed by atoms with Crippen LogP contribution in [-0.2, 0) is 9.47 Å². The minimum absolute atomic E-state index is 0.247. The first-order chi connectivity index (χ1) is 12.5. The predicted octanol–water partition coefficient (Wildman–Crippen LogP) is 4.65. The molecule has 1 aliphatic heterocycles. The molecule has 2 amide bonds. The molecule has 6 nitrogen and oxygen atoms in total. The van der Waals surface area contributed by atoms with Crippen LogP contribution in [0.25, 0.3) is 0 Å². The van der Waals surface area contributed by atoms with Crippen LogP contribution in [0.3, 0.4) is 0 Å². The monoisotopic (exact) mass is 376 g/mol. The maximum absolute atomic E-state index is 12.8. The zero-order chi connectivity index (χ0) is 20.2. The van der Waals surface area contributed by atoms with Crippen LogP contribution >= 0.6 is 0 Å². The molecule has 1 heterocycles. The Kier molecular flexibility index (Phi) is 6.39. The van der Waals surface area contributed by atoms with Crippen LogP contribution in [0.2, 0.25) is 0 Å². The van der Waals surface area contributed by atoms with Crippen molar-refractivity contribution in [3.05, 3.63) is 35.9 Å². The maximum Gasteiger partial charge on any atom is 0.410 e. The lowest BCUT2D eigenvalue weighted by Gasteiger charge is -2.42. The number of carbonyl (C=O) groups excluding carboxylic acids is 2. The molecular weight excluding hydrogens is 344 g/mol. The van der Waals surface area contributed by atoms with Crippen molar-refractivity contribution in [3.8, 4) is 0 Å². The van der Waals surface area contributed by atoms with Crippen molar-refractivity contribution in [3.63, 3.8) is 0 Å². The van der Waals surface area contributed by atoms with Gasteiger partial charge in [-0.3, -0.25) is 4.90 Å². The first kappa shape index (κ1) is 21.1. The lowest BCUT2D eigenvalue weighted by atomic mass is 9.90. The molecule has 0 aliphatic carbocycles. The van der Waals surface area contributed by atoms with Gasteiger partial charge >= 0.3 is 12.2 Å². The van der Waals surface area contributed by atoms with E-state index < -0.39 is 17.3 Å². The van der Waals surface area contributed by atoms with Crippen LogP contribution in [0.5, 0.6) is 0 Å². The van der Waals surface area contributed by atoms with E-state index in [-0.39, 0.29) is 18.2 Å². The highest BCUT2D eigenvalue weighted by Crippen LogP contribution is 2.33. The zero-order valence-corrected chi connectivity index (χ0v) is 17.2. The number of benzene rings is 1. The second-order valence-corrected chi connectivity index (χ2v) is 8.92. The molecule has 1 saturated heterocycles. The standard InChI is InChI=1S/C21H32N2O4/c1-20(2,3)26-18(24)22-16-13-10-14-23(19(25)27-21(4,5)6)17(16)15-11-8-7-9-12-15/h7-9,11-12,16-17H,10,13-14H2,1-6H3,(H,22,24)/t16-,17-/m0/s1. The summed E-state index contributed by atoms with van der Waals surface area (Å²) < 4.78 is 11.0. The molecule has 2 rings (SSSR count). The van der Waals surface area contributed by atoms with Crippen molar-refractivity contribution in [2.45, 2.75) is 77.7 Å². The van der Waals surface area contributed by atoms with E-state index >= 15 is 0 Å². The average molecular weight is 376 g/mol. The number of amides is 2. The first-order valence-corrected chi connectivity index (χ1v) is 9.50. The van der Waals surface area contributed by atoms with Crippen molar-refractivity contribution in [1.82, 2.24) is 10.2 Å². The summed E-state index contributed by atoms with van der Waals surface area (Å²) in [4.78, 5) is 26.9. The minimum Gasteiger partial charge on any atom is -0.444 e. The summed E-state index contributed by atoms with van der Waals surface area (Å²) >= 11 is 0. The number of ether oxygens (including phenoxy) is 2. The molecule has 1 N–H and O–H groups in total. The van der Waals surface area contributed by atoms with Gasteiger partial charge in [0.2, 0.25) is 0 Å². The lowest BCUT2D eigenvalue weighted by Crippen LogP contribution is -2.53. The molecule has 0 unspecified atom stereocenters. The fraction of sp³-hybridized carbons (Fsp3) is 0.619. The Morgan fingerprint density at radius 1 is 1.00 bits per heavy atom. The Bertz CT molecular complexity index is 646. The SMILES string of the molecule is CC(C)(C)OC(=O)N[C@H]1CCCN(C(=O)OC(C)(C)C)[C@H]1c1ccccc1. The fourth-order valence-electron chi connectivity index (χ4n) is 3.19. The maximum atomic E-state index is 12.8. The van der Waals surface area contributed by atoms with E-state index in [1.807, 2.05) is 71.9 Å². The highest BCUT2D eigenvalue weighted by Gasteiger charge is 2.38. The summed E-state index contributed by atoms with van der Waals surface area (Å²) in [6.45, 7) is 11.6. The van der Waals surface area contributed by atoms with Crippen molar-refractivity contribution < 1.29 is 19.1 Å². The molecule has 1 aromatic carbocycles. The van der Waals surface area contributed by atoms with E-state index in [9.17, 15) is 9.59 Å². The van der Waals surface area contributed by atoms with Gasteiger partial charge in [0, 0.05) is 6.54 Å². The van der Waals surface area contributed by atoms with E-state index in [1.165, 1.54) is 0 Å². The van der Waals surface area contributed by atoms with Gasteiger partial charge in [0.15, 0.2) is 0 Å². The number of alkyl carbamates (subject to hydrolysis) is 1. The molecule has 1 fully saturated rings. The molecule has 1 aromatic rings. The van der Waals surface area contributed by atoms with Crippen LogP contribution < -0.4 is 5.32 Å². The van der Waals surface area contributed by atoms with Crippen molar-refractivity contribution in [1.29, 1.82) is 0 Å². The number of rotatable bonds is 2. The number of hydrogen-bond acceptors (Lipinski definition) is 4. The van der Waals surface area contributed by atoms with Crippen LogP contribution in [0.15, 0.2) is 30.3 Å². The van der Waals surface area contributed by atoms with Gasteiger partial charge in [-0.1, -0.05) is 30.3 Å². The number of likely N-dealkylation sites (tertiary alicyclic amines) is 1. The van der Waals surface area contributed by atoms with Gasteiger partial charge in [-0.2, -0.15) is 0 Å². The molecule has 6 heteroatoms. The van der Waals surface area contributed by atoms with Gasteiger partial charge in [-0.15, -0.1) is 0 Å². The Balaban J connectivity index is 2.26. The summed E-state index contributed by atoms with van der Waals surface area (Å²) in [5.41, 5.74) is -0.195. The van der Waals surface area contributed by atoms with Crippen molar-refractivity contribution in [2.24, 2.45) is 0 Å². The number of piperidine rings is 1. The second kappa shape index (κ2) is 8.19. The Labute approximate surface area is 162 Å². The number of nitrogens with one attached hydrogen (secondary N) is 1. The normalized spacial score (nSPS) is 20.7. The zero-order valence-electron chi connectivity index (χ0n) is 17.2. The van der Waals surface area contributed by atoms with Crippen LogP contribution in [0.4, 0.5) is 9.59 Å². The van der Waals surface area contributed by atoms with E-state index in [0.29, 0.717) is 6.54 Å². The highest BCUT2D eigenvalue weighted by atomic mass is 16.6. The van der Waals surface area contributed by atoms with Gasteiger partial charge < -0.3 is 14.8 Å². The fourth-order valence-corrected chi connectivity index (χ4v) is 3.19. The lowest BCUT2D eigenvalue weighted by molar-refractivity contribution is 0.00101. The Hall–Kier alpha value is -2.24. The third kappa shape index (κ3) is 6.45. The van der Waals surface area contributed by atoms with Gasteiger partial charge in [0.05, 0.1) is 12.1 Å². The molecular formula is C21H32N2O4. The third-order valence-electron chi connectivity index (χ3n) is 4.10.